The minimum absolute atomic E-state index is 0.0466. The number of fused-ring (bicyclic) bond motifs is 1. The number of nitrogens with zero attached hydrogens (tertiary/aromatic N) is 1. The van der Waals surface area contributed by atoms with E-state index in [2.05, 4.69) is 24.0 Å². The summed E-state index contributed by atoms with van der Waals surface area (Å²) in [6.07, 6.45) is 5.30. The first kappa shape index (κ1) is 14.4. The van der Waals surface area contributed by atoms with Gasteiger partial charge in [0.2, 0.25) is 5.91 Å². The second kappa shape index (κ2) is 5.70. The molecule has 0 saturated heterocycles. The molecule has 1 aromatic rings. The number of benzene rings is 1. The standard InChI is InChI=1S/C18H25NO2/c1-3-18(9-5-10-18)17(20)19-11-8-14-6-7-16(21-4-2)12-15(14)13-19/h6-7,12H,3-5,8-11,13H2,1-2H3. The number of rotatable bonds is 4. The maximum absolute atomic E-state index is 12.8. The highest BCUT2D eigenvalue weighted by molar-refractivity contribution is 5.83. The fraction of sp³-hybridized carbons (Fsp3) is 0.611. The molecule has 3 heteroatoms. The van der Waals surface area contributed by atoms with Crippen LogP contribution < -0.4 is 4.74 Å². The van der Waals surface area contributed by atoms with E-state index in [4.69, 9.17) is 4.74 Å². The van der Waals surface area contributed by atoms with Crippen LogP contribution >= 0.6 is 0 Å². The van der Waals surface area contributed by atoms with Crippen LogP contribution in [0.5, 0.6) is 5.75 Å². The zero-order valence-corrected chi connectivity index (χ0v) is 13.2. The van der Waals surface area contributed by atoms with Crippen molar-refractivity contribution >= 4 is 5.91 Å². The van der Waals surface area contributed by atoms with Gasteiger partial charge in [0.25, 0.3) is 0 Å². The average molecular weight is 287 g/mol. The zero-order valence-electron chi connectivity index (χ0n) is 13.2. The average Bonchev–Trinajstić information content (AvgIpc) is 2.46. The molecular formula is C18H25NO2. The first-order chi connectivity index (χ1) is 10.2. The molecule has 0 N–H and O–H groups in total. The minimum atomic E-state index is -0.0466. The van der Waals surface area contributed by atoms with Gasteiger partial charge < -0.3 is 9.64 Å². The Morgan fingerprint density at radius 1 is 1.29 bits per heavy atom. The summed E-state index contributed by atoms with van der Waals surface area (Å²) >= 11 is 0. The van der Waals surface area contributed by atoms with Crippen molar-refractivity contribution in [1.29, 1.82) is 0 Å². The molecule has 0 unspecified atom stereocenters. The van der Waals surface area contributed by atoms with Crippen LogP contribution in [-0.2, 0) is 17.8 Å². The monoisotopic (exact) mass is 287 g/mol. The van der Waals surface area contributed by atoms with E-state index in [0.717, 1.165) is 44.5 Å². The van der Waals surface area contributed by atoms with Gasteiger partial charge in [0.15, 0.2) is 0 Å². The zero-order chi connectivity index (χ0) is 14.9. The van der Waals surface area contributed by atoms with Crippen LogP contribution in [-0.4, -0.2) is 24.0 Å². The second-order valence-electron chi connectivity index (χ2n) is 6.33. The third kappa shape index (κ3) is 2.54. The van der Waals surface area contributed by atoms with Crippen LogP contribution in [0.1, 0.15) is 50.7 Å². The smallest absolute Gasteiger partial charge is 0.229 e. The lowest BCUT2D eigenvalue weighted by Crippen LogP contribution is -2.49. The topological polar surface area (TPSA) is 29.5 Å². The Morgan fingerprint density at radius 2 is 2.10 bits per heavy atom. The van der Waals surface area contributed by atoms with Crippen LogP contribution in [0.15, 0.2) is 18.2 Å². The highest BCUT2D eigenvalue weighted by Gasteiger charge is 2.44. The summed E-state index contributed by atoms with van der Waals surface area (Å²) in [5.74, 6) is 1.29. The van der Waals surface area contributed by atoms with E-state index >= 15 is 0 Å². The van der Waals surface area contributed by atoms with E-state index in [1.54, 1.807) is 0 Å². The van der Waals surface area contributed by atoms with Gasteiger partial charge in [-0.3, -0.25) is 4.79 Å². The Hall–Kier alpha value is -1.51. The predicted octanol–water partition coefficient (Wildman–Crippen LogP) is 3.55. The van der Waals surface area contributed by atoms with E-state index in [9.17, 15) is 4.79 Å². The first-order valence-corrected chi connectivity index (χ1v) is 8.22. The van der Waals surface area contributed by atoms with Crippen molar-refractivity contribution in [1.82, 2.24) is 4.90 Å². The fourth-order valence-electron chi connectivity index (χ4n) is 3.62. The molecule has 21 heavy (non-hydrogen) atoms. The summed E-state index contributed by atoms with van der Waals surface area (Å²) in [5.41, 5.74) is 2.57. The number of hydrogen-bond acceptors (Lipinski definition) is 2. The summed E-state index contributed by atoms with van der Waals surface area (Å²) in [6.45, 7) is 6.44. The van der Waals surface area contributed by atoms with Crippen molar-refractivity contribution in [3.63, 3.8) is 0 Å². The SMILES string of the molecule is CCOc1ccc2c(c1)CN(C(=O)C1(CC)CCC1)CC2. The van der Waals surface area contributed by atoms with Crippen LogP contribution in [0.3, 0.4) is 0 Å². The molecule has 3 nitrogen and oxygen atoms in total. The lowest BCUT2D eigenvalue weighted by atomic mass is 9.66. The number of ether oxygens (including phenoxy) is 1. The Morgan fingerprint density at radius 3 is 2.71 bits per heavy atom. The van der Waals surface area contributed by atoms with Gasteiger partial charge in [-0.15, -0.1) is 0 Å². The molecule has 1 saturated carbocycles. The van der Waals surface area contributed by atoms with Crippen molar-refractivity contribution < 1.29 is 9.53 Å². The van der Waals surface area contributed by atoms with Crippen LogP contribution in [0, 0.1) is 5.41 Å². The van der Waals surface area contributed by atoms with E-state index in [1.807, 2.05) is 13.0 Å². The highest BCUT2D eigenvalue weighted by atomic mass is 16.5. The summed E-state index contributed by atoms with van der Waals surface area (Å²) in [5, 5.41) is 0. The first-order valence-electron chi connectivity index (χ1n) is 8.22. The summed E-state index contributed by atoms with van der Waals surface area (Å²) in [6, 6.07) is 6.30. The quantitative estimate of drug-likeness (QED) is 0.847. The Bertz CT molecular complexity index is 529. The van der Waals surface area contributed by atoms with Gasteiger partial charge in [0.05, 0.1) is 6.61 Å². The summed E-state index contributed by atoms with van der Waals surface area (Å²) < 4.78 is 5.58. The van der Waals surface area contributed by atoms with Crippen LogP contribution in [0.4, 0.5) is 0 Å². The molecule has 1 fully saturated rings. The predicted molar refractivity (Wildman–Crippen MR) is 83.3 cm³/mol. The number of amides is 1. The van der Waals surface area contributed by atoms with Gasteiger partial charge in [-0.25, -0.2) is 0 Å². The number of carbonyl (C=O) groups is 1. The molecule has 0 aromatic heterocycles. The van der Waals surface area contributed by atoms with Crippen molar-refractivity contribution in [2.75, 3.05) is 13.2 Å². The summed E-state index contributed by atoms with van der Waals surface area (Å²) in [4.78, 5) is 14.9. The van der Waals surface area contributed by atoms with Gasteiger partial charge in [-0.05, 0) is 55.9 Å². The number of hydrogen-bond donors (Lipinski definition) is 0. The molecule has 0 bridgehead atoms. The van der Waals surface area contributed by atoms with Gasteiger partial charge in [0.1, 0.15) is 5.75 Å². The molecule has 0 spiro atoms. The Kier molecular flexibility index (Phi) is 3.92. The van der Waals surface area contributed by atoms with Crippen LogP contribution in [0.25, 0.3) is 0 Å². The van der Waals surface area contributed by atoms with Crippen molar-refractivity contribution in [3.8, 4) is 5.75 Å². The van der Waals surface area contributed by atoms with Crippen LogP contribution in [0.2, 0.25) is 0 Å². The molecular weight excluding hydrogens is 262 g/mol. The van der Waals surface area contributed by atoms with Gasteiger partial charge in [-0.2, -0.15) is 0 Å². The van der Waals surface area contributed by atoms with Crippen molar-refractivity contribution in [2.45, 2.75) is 52.5 Å². The fourth-order valence-corrected chi connectivity index (χ4v) is 3.62. The maximum Gasteiger partial charge on any atom is 0.229 e. The third-order valence-electron chi connectivity index (χ3n) is 5.23. The molecule has 114 valence electrons. The molecule has 0 atom stereocenters. The lowest BCUT2D eigenvalue weighted by Gasteiger charge is -2.44. The molecule has 1 aliphatic heterocycles. The number of carbonyl (C=O) groups excluding carboxylic acids is 1. The second-order valence-corrected chi connectivity index (χ2v) is 6.33. The Labute approximate surface area is 127 Å². The maximum atomic E-state index is 12.8. The van der Waals surface area contributed by atoms with Crippen molar-refractivity contribution in [2.24, 2.45) is 5.41 Å². The molecule has 1 aliphatic carbocycles. The third-order valence-corrected chi connectivity index (χ3v) is 5.23. The molecule has 3 rings (SSSR count). The lowest BCUT2D eigenvalue weighted by molar-refractivity contribution is -0.148. The molecule has 1 heterocycles. The van der Waals surface area contributed by atoms with Gasteiger partial charge in [0, 0.05) is 18.5 Å². The van der Waals surface area contributed by atoms with E-state index < -0.39 is 0 Å². The van der Waals surface area contributed by atoms with Gasteiger partial charge in [-0.1, -0.05) is 19.4 Å². The van der Waals surface area contributed by atoms with Gasteiger partial charge >= 0.3 is 0 Å². The van der Waals surface area contributed by atoms with E-state index in [-0.39, 0.29) is 5.41 Å². The van der Waals surface area contributed by atoms with E-state index in [1.165, 1.54) is 17.5 Å². The molecule has 0 radical (unpaired) electrons. The normalized spacial score (nSPS) is 19.6. The summed E-state index contributed by atoms with van der Waals surface area (Å²) in [7, 11) is 0. The largest absolute Gasteiger partial charge is 0.494 e. The minimum Gasteiger partial charge on any atom is -0.494 e. The molecule has 2 aliphatic rings. The molecule has 1 amide bonds. The van der Waals surface area contributed by atoms with E-state index in [0.29, 0.717) is 12.5 Å². The Balaban J connectivity index is 1.77. The van der Waals surface area contributed by atoms with Crippen molar-refractivity contribution in [3.05, 3.63) is 29.3 Å². The highest BCUT2D eigenvalue weighted by Crippen LogP contribution is 2.45. The molecule has 1 aromatic carbocycles.